The molecule has 1 unspecified atom stereocenters. The highest BCUT2D eigenvalue weighted by Gasteiger charge is 2.45. The molecule has 2 heteroatoms. The lowest BCUT2D eigenvalue weighted by Crippen LogP contribution is -2.21. The van der Waals surface area contributed by atoms with Gasteiger partial charge in [0, 0.05) is 0 Å². The van der Waals surface area contributed by atoms with Gasteiger partial charge in [-0.25, -0.2) is 0 Å². The third kappa shape index (κ3) is 0.763. The van der Waals surface area contributed by atoms with Crippen molar-refractivity contribution in [3.8, 4) is 0 Å². The van der Waals surface area contributed by atoms with Gasteiger partial charge in [0.2, 0.25) is 0 Å². The molecular formula is C5H13N2+. The molecule has 0 aromatic heterocycles. The van der Waals surface area contributed by atoms with Gasteiger partial charge in [0.1, 0.15) is 6.54 Å². The molecular weight excluding hydrogens is 88.1 g/mol. The molecule has 1 saturated heterocycles. The quantitative estimate of drug-likeness (QED) is 0.346. The first-order valence-corrected chi connectivity index (χ1v) is 2.69. The van der Waals surface area contributed by atoms with Crippen molar-refractivity contribution in [2.75, 3.05) is 27.2 Å². The van der Waals surface area contributed by atoms with Crippen molar-refractivity contribution in [2.24, 2.45) is 5.73 Å². The SMILES string of the molecule is C[N+]1(C)CC1CN. The van der Waals surface area contributed by atoms with Crippen LogP contribution in [-0.2, 0) is 0 Å². The maximum atomic E-state index is 5.39. The van der Waals surface area contributed by atoms with E-state index >= 15 is 0 Å². The fourth-order valence-electron chi connectivity index (χ4n) is 0.856. The second-order valence-electron chi connectivity index (χ2n) is 2.85. The summed E-state index contributed by atoms with van der Waals surface area (Å²) < 4.78 is 1.14. The Labute approximate surface area is 44.5 Å². The lowest BCUT2D eigenvalue weighted by molar-refractivity contribution is -0.768. The minimum atomic E-state index is 0.764. The first kappa shape index (κ1) is 5.06. The zero-order valence-electron chi connectivity index (χ0n) is 5.02. The molecule has 0 aromatic rings. The lowest BCUT2D eigenvalue weighted by Gasteiger charge is -2.02. The molecule has 42 valence electrons. The van der Waals surface area contributed by atoms with Gasteiger partial charge in [0.05, 0.1) is 20.6 Å². The van der Waals surface area contributed by atoms with Crippen molar-refractivity contribution in [3.63, 3.8) is 0 Å². The predicted molar refractivity (Wildman–Crippen MR) is 29.8 cm³/mol. The summed E-state index contributed by atoms with van der Waals surface area (Å²) in [6.07, 6.45) is 0. The second kappa shape index (κ2) is 1.20. The van der Waals surface area contributed by atoms with E-state index in [-0.39, 0.29) is 0 Å². The lowest BCUT2D eigenvalue weighted by atomic mass is 10.5. The first-order chi connectivity index (χ1) is 3.17. The zero-order valence-corrected chi connectivity index (χ0v) is 5.02. The summed E-state index contributed by atoms with van der Waals surface area (Å²) in [7, 11) is 4.41. The molecule has 1 heterocycles. The number of nitrogens with two attached hydrogens (primary N) is 1. The maximum absolute atomic E-state index is 5.39. The molecule has 0 aromatic carbocycles. The van der Waals surface area contributed by atoms with Crippen LogP contribution < -0.4 is 5.73 Å². The van der Waals surface area contributed by atoms with Crippen molar-refractivity contribution in [3.05, 3.63) is 0 Å². The van der Waals surface area contributed by atoms with E-state index in [2.05, 4.69) is 14.1 Å². The van der Waals surface area contributed by atoms with E-state index < -0.39 is 0 Å². The van der Waals surface area contributed by atoms with Gasteiger partial charge in [0.25, 0.3) is 0 Å². The molecule has 1 atom stereocenters. The molecule has 0 amide bonds. The van der Waals surface area contributed by atoms with Crippen LogP contribution in [0.3, 0.4) is 0 Å². The average Bonchev–Trinajstić information content (AvgIpc) is 2.13. The highest BCUT2D eigenvalue weighted by Crippen LogP contribution is 2.21. The van der Waals surface area contributed by atoms with Crippen LogP contribution in [0.4, 0.5) is 0 Å². The molecule has 1 rings (SSSR count). The molecule has 0 spiro atoms. The topological polar surface area (TPSA) is 26.0 Å². The molecule has 0 saturated carbocycles. The van der Waals surface area contributed by atoms with Gasteiger partial charge in [-0.3, -0.25) is 0 Å². The molecule has 1 fully saturated rings. The fourth-order valence-corrected chi connectivity index (χ4v) is 0.856. The summed E-state index contributed by atoms with van der Waals surface area (Å²) in [5, 5.41) is 0. The van der Waals surface area contributed by atoms with Gasteiger partial charge in [-0.15, -0.1) is 0 Å². The minimum Gasteiger partial charge on any atom is -0.325 e. The van der Waals surface area contributed by atoms with Gasteiger partial charge < -0.3 is 10.2 Å². The Morgan fingerprint density at radius 3 is 2.14 bits per heavy atom. The minimum absolute atomic E-state index is 0.764. The average molecular weight is 101 g/mol. The molecule has 7 heavy (non-hydrogen) atoms. The largest absolute Gasteiger partial charge is 0.325 e. The molecule has 0 radical (unpaired) electrons. The van der Waals surface area contributed by atoms with Gasteiger partial charge in [0.15, 0.2) is 6.04 Å². The number of quaternary nitrogens is 1. The number of nitrogens with zero attached hydrogens (tertiary/aromatic N) is 1. The van der Waals surface area contributed by atoms with Gasteiger partial charge in [-0.2, -0.15) is 0 Å². The van der Waals surface area contributed by atoms with Crippen molar-refractivity contribution >= 4 is 0 Å². The highest BCUT2D eigenvalue weighted by atomic mass is 15.5. The molecule has 0 bridgehead atoms. The summed E-state index contributed by atoms with van der Waals surface area (Å²) in [6.45, 7) is 2.13. The normalized spacial score (nSPS) is 35.6. The van der Waals surface area contributed by atoms with Crippen LogP contribution in [0.25, 0.3) is 0 Å². The van der Waals surface area contributed by atoms with Gasteiger partial charge >= 0.3 is 0 Å². The summed E-state index contributed by atoms with van der Waals surface area (Å²) in [6, 6.07) is 0.764. The summed E-state index contributed by atoms with van der Waals surface area (Å²) in [5.41, 5.74) is 5.39. The van der Waals surface area contributed by atoms with Crippen LogP contribution in [0.2, 0.25) is 0 Å². The number of hydrogen-bond donors (Lipinski definition) is 1. The summed E-state index contributed by atoms with van der Waals surface area (Å²) >= 11 is 0. The molecule has 1 aliphatic rings. The van der Waals surface area contributed by atoms with E-state index in [1.54, 1.807) is 0 Å². The van der Waals surface area contributed by atoms with E-state index in [0.29, 0.717) is 0 Å². The predicted octanol–water partition coefficient (Wildman–Crippen LogP) is -0.596. The van der Waals surface area contributed by atoms with E-state index in [0.717, 1.165) is 17.1 Å². The van der Waals surface area contributed by atoms with E-state index in [4.69, 9.17) is 5.73 Å². The third-order valence-electron chi connectivity index (χ3n) is 1.81. The zero-order chi connectivity index (χ0) is 5.49. The smallest absolute Gasteiger partial charge is 0.151 e. The Morgan fingerprint density at radius 2 is 2.14 bits per heavy atom. The second-order valence-corrected chi connectivity index (χ2v) is 2.85. The Hall–Kier alpha value is -0.0800. The van der Waals surface area contributed by atoms with E-state index in [1.807, 2.05) is 0 Å². The molecule has 0 aliphatic carbocycles. The van der Waals surface area contributed by atoms with Crippen LogP contribution in [0.1, 0.15) is 0 Å². The first-order valence-electron chi connectivity index (χ1n) is 2.69. The Bertz CT molecular complexity index is 78.1. The standard InChI is InChI=1S/C5H13N2/c1-7(2)4-5(7)3-6/h5H,3-4,6H2,1-2H3/q+1. The van der Waals surface area contributed by atoms with Crippen molar-refractivity contribution in [1.29, 1.82) is 0 Å². The van der Waals surface area contributed by atoms with Crippen LogP contribution >= 0.6 is 0 Å². The monoisotopic (exact) mass is 101 g/mol. The molecule has 2 N–H and O–H groups in total. The number of likely N-dealkylation sites (N-methyl/N-ethyl adjacent to an activating group) is 1. The fraction of sp³-hybridized carbons (Fsp3) is 1.00. The van der Waals surface area contributed by atoms with E-state index in [1.165, 1.54) is 6.54 Å². The van der Waals surface area contributed by atoms with Gasteiger partial charge in [-0.1, -0.05) is 0 Å². The van der Waals surface area contributed by atoms with Gasteiger partial charge in [-0.05, 0) is 0 Å². The van der Waals surface area contributed by atoms with E-state index in [9.17, 15) is 0 Å². The van der Waals surface area contributed by atoms with Crippen molar-refractivity contribution in [2.45, 2.75) is 6.04 Å². The summed E-state index contributed by atoms with van der Waals surface area (Å²) in [5.74, 6) is 0. The highest BCUT2D eigenvalue weighted by molar-refractivity contribution is 4.70. The molecule has 2 nitrogen and oxygen atoms in total. The van der Waals surface area contributed by atoms with Crippen molar-refractivity contribution in [1.82, 2.24) is 0 Å². The van der Waals surface area contributed by atoms with Crippen LogP contribution in [-0.4, -0.2) is 37.7 Å². The Morgan fingerprint density at radius 1 is 1.71 bits per heavy atom. The Balaban J connectivity index is 2.30. The molecule has 1 aliphatic heterocycles. The summed E-state index contributed by atoms with van der Waals surface area (Å²) in [4.78, 5) is 0. The Kier molecular flexibility index (Phi) is 0.869. The van der Waals surface area contributed by atoms with Crippen molar-refractivity contribution < 1.29 is 4.48 Å². The number of hydrogen-bond acceptors (Lipinski definition) is 1. The third-order valence-corrected chi connectivity index (χ3v) is 1.81. The van der Waals surface area contributed by atoms with Crippen LogP contribution in [0.5, 0.6) is 0 Å². The van der Waals surface area contributed by atoms with Crippen LogP contribution in [0.15, 0.2) is 0 Å². The van der Waals surface area contributed by atoms with Crippen LogP contribution in [0, 0.1) is 0 Å². The number of rotatable bonds is 1. The maximum Gasteiger partial charge on any atom is 0.151 e.